The zero-order chi connectivity index (χ0) is 21.1. The van der Waals surface area contributed by atoms with Crippen molar-refractivity contribution in [1.82, 2.24) is 4.90 Å². The second-order valence-electron chi connectivity index (χ2n) is 6.69. The summed E-state index contributed by atoms with van der Waals surface area (Å²) < 4.78 is 27.6. The number of methoxy groups -OCH3 is 5. The summed E-state index contributed by atoms with van der Waals surface area (Å²) in [6.07, 6.45) is 0.677. The van der Waals surface area contributed by atoms with Crippen molar-refractivity contribution >= 4 is 5.91 Å². The average molecular weight is 401 g/mol. The number of amides is 1. The first kappa shape index (κ1) is 20.6. The van der Waals surface area contributed by atoms with Gasteiger partial charge in [-0.15, -0.1) is 0 Å². The zero-order valence-corrected chi connectivity index (χ0v) is 17.7. The maximum atomic E-state index is 12.5. The molecule has 0 saturated carbocycles. The highest BCUT2D eigenvalue weighted by Crippen LogP contribution is 2.46. The molecule has 1 atom stereocenters. The van der Waals surface area contributed by atoms with E-state index in [9.17, 15) is 4.79 Å². The maximum Gasteiger partial charge on any atom is 0.220 e. The molecule has 156 valence electrons. The van der Waals surface area contributed by atoms with Gasteiger partial charge in [-0.25, -0.2) is 0 Å². The first-order valence-corrected chi connectivity index (χ1v) is 9.31. The predicted molar refractivity (Wildman–Crippen MR) is 109 cm³/mol. The van der Waals surface area contributed by atoms with E-state index in [4.69, 9.17) is 23.7 Å². The van der Waals surface area contributed by atoms with Crippen LogP contribution >= 0.6 is 0 Å². The van der Waals surface area contributed by atoms with Gasteiger partial charge < -0.3 is 28.6 Å². The minimum Gasteiger partial charge on any atom is -0.493 e. The van der Waals surface area contributed by atoms with Gasteiger partial charge in [-0.05, 0) is 35.7 Å². The highest BCUT2D eigenvalue weighted by molar-refractivity contribution is 5.76. The summed E-state index contributed by atoms with van der Waals surface area (Å²) in [5, 5.41) is 0. The Morgan fingerprint density at radius 1 is 0.862 bits per heavy atom. The number of hydrogen-bond acceptors (Lipinski definition) is 6. The molecule has 1 heterocycles. The van der Waals surface area contributed by atoms with Crippen LogP contribution in [0.4, 0.5) is 0 Å². The van der Waals surface area contributed by atoms with E-state index >= 15 is 0 Å². The van der Waals surface area contributed by atoms with Crippen LogP contribution in [0.15, 0.2) is 24.3 Å². The fourth-order valence-electron chi connectivity index (χ4n) is 4.01. The molecule has 1 aliphatic rings. The fourth-order valence-corrected chi connectivity index (χ4v) is 4.01. The van der Waals surface area contributed by atoms with Crippen LogP contribution in [-0.4, -0.2) is 52.9 Å². The minimum atomic E-state index is -0.315. The molecule has 2 aromatic rings. The van der Waals surface area contributed by atoms with E-state index in [2.05, 4.69) is 0 Å². The van der Waals surface area contributed by atoms with Crippen molar-refractivity contribution in [3.8, 4) is 28.7 Å². The number of fused-ring (bicyclic) bond motifs is 1. The third kappa shape index (κ3) is 3.52. The fraction of sp³-hybridized carbons (Fsp3) is 0.409. The molecule has 3 rings (SSSR count). The Morgan fingerprint density at radius 3 is 1.93 bits per heavy atom. The van der Waals surface area contributed by atoms with Gasteiger partial charge >= 0.3 is 0 Å². The first-order chi connectivity index (χ1) is 14.0. The molecular weight excluding hydrogens is 374 g/mol. The Morgan fingerprint density at radius 2 is 1.45 bits per heavy atom. The van der Waals surface area contributed by atoms with Crippen LogP contribution in [0.5, 0.6) is 28.7 Å². The van der Waals surface area contributed by atoms with Crippen LogP contribution in [0.25, 0.3) is 0 Å². The Kier molecular flexibility index (Phi) is 6.06. The van der Waals surface area contributed by atoms with E-state index in [1.54, 1.807) is 42.5 Å². The van der Waals surface area contributed by atoms with Gasteiger partial charge in [0.2, 0.25) is 11.7 Å². The smallest absolute Gasteiger partial charge is 0.220 e. The lowest BCUT2D eigenvalue weighted by molar-refractivity contribution is -0.130. The molecular formula is C22H27NO6. The van der Waals surface area contributed by atoms with Crippen LogP contribution < -0.4 is 23.7 Å². The van der Waals surface area contributed by atoms with Gasteiger partial charge in [-0.3, -0.25) is 4.79 Å². The third-order valence-corrected chi connectivity index (χ3v) is 5.30. The van der Waals surface area contributed by atoms with Crippen molar-refractivity contribution in [2.24, 2.45) is 0 Å². The van der Waals surface area contributed by atoms with Crippen LogP contribution in [-0.2, 0) is 11.2 Å². The number of hydrogen-bond donors (Lipinski definition) is 0. The van der Waals surface area contributed by atoms with Crippen molar-refractivity contribution in [1.29, 1.82) is 0 Å². The van der Waals surface area contributed by atoms with Crippen LogP contribution in [0.2, 0.25) is 0 Å². The minimum absolute atomic E-state index is 0.0100. The summed E-state index contributed by atoms with van der Waals surface area (Å²) >= 11 is 0. The van der Waals surface area contributed by atoms with Gasteiger partial charge in [0.05, 0.1) is 41.6 Å². The Labute approximate surface area is 171 Å². The van der Waals surface area contributed by atoms with Gasteiger partial charge in [0.25, 0.3) is 0 Å². The van der Waals surface area contributed by atoms with Gasteiger partial charge in [0.1, 0.15) is 0 Å². The highest BCUT2D eigenvalue weighted by atomic mass is 16.5. The number of carbonyl (C=O) groups is 1. The Hall–Kier alpha value is -3.09. The van der Waals surface area contributed by atoms with Crippen molar-refractivity contribution in [3.63, 3.8) is 0 Å². The molecule has 29 heavy (non-hydrogen) atoms. The number of nitrogens with zero attached hydrogens (tertiary/aromatic N) is 1. The van der Waals surface area contributed by atoms with Crippen LogP contribution in [0, 0.1) is 0 Å². The highest BCUT2D eigenvalue weighted by Gasteiger charge is 2.34. The van der Waals surface area contributed by atoms with E-state index in [1.807, 2.05) is 29.2 Å². The molecule has 7 heteroatoms. The first-order valence-electron chi connectivity index (χ1n) is 9.31. The molecule has 1 amide bonds. The number of ether oxygens (including phenoxy) is 5. The summed E-state index contributed by atoms with van der Waals surface area (Å²) in [6, 6.07) is 7.30. The second-order valence-corrected chi connectivity index (χ2v) is 6.69. The van der Waals surface area contributed by atoms with Gasteiger partial charge in [0.15, 0.2) is 23.0 Å². The molecule has 0 bridgehead atoms. The molecule has 0 saturated heterocycles. The quantitative estimate of drug-likeness (QED) is 0.741. The topological polar surface area (TPSA) is 66.5 Å². The third-order valence-electron chi connectivity index (χ3n) is 5.30. The van der Waals surface area contributed by atoms with Gasteiger partial charge in [0, 0.05) is 19.0 Å². The van der Waals surface area contributed by atoms with Crippen molar-refractivity contribution < 1.29 is 28.5 Å². The van der Waals surface area contributed by atoms with E-state index in [0.29, 0.717) is 41.7 Å². The van der Waals surface area contributed by atoms with Gasteiger partial charge in [-0.1, -0.05) is 6.07 Å². The molecule has 0 fully saturated rings. The number of benzene rings is 2. The molecule has 0 aliphatic carbocycles. The lowest BCUT2D eigenvalue weighted by atomic mass is 9.87. The molecule has 2 aromatic carbocycles. The van der Waals surface area contributed by atoms with Gasteiger partial charge in [-0.2, -0.15) is 0 Å². The molecule has 1 unspecified atom stereocenters. The SMILES string of the molecule is COc1cc(C2c3ccc(OC)c(OC)c3CCN2C(C)=O)cc(OC)c1OC. The lowest BCUT2D eigenvalue weighted by Gasteiger charge is -2.38. The number of carbonyl (C=O) groups excluding carboxylic acids is 1. The zero-order valence-electron chi connectivity index (χ0n) is 17.7. The van der Waals surface area contributed by atoms with Crippen LogP contribution in [0.3, 0.4) is 0 Å². The average Bonchev–Trinajstić information content (AvgIpc) is 2.75. The molecule has 0 spiro atoms. The Bertz CT molecular complexity index is 885. The molecule has 0 radical (unpaired) electrons. The predicted octanol–water partition coefficient (Wildman–Crippen LogP) is 3.22. The molecule has 0 N–H and O–H groups in total. The van der Waals surface area contributed by atoms with Crippen molar-refractivity contribution in [2.45, 2.75) is 19.4 Å². The largest absolute Gasteiger partial charge is 0.493 e. The van der Waals surface area contributed by atoms with Crippen molar-refractivity contribution in [3.05, 3.63) is 41.0 Å². The summed E-state index contributed by atoms with van der Waals surface area (Å²) in [5.74, 6) is 2.95. The molecule has 0 aromatic heterocycles. The van der Waals surface area contributed by atoms with E-state index in [1.165, 1.54) is 0 Å². The van der Waals surface area contributed by atoms with E-state index < -0.39 is 0 Å². The summed E-state index contributed by atoms with van der Waals surface area (Å²) in [6.45, 7) is 2.14. The summed E-state index contributed by atoms with van der Waals surface area (Å²) in [7, 11) is 7.96. The summed E-state index contributed by atoms with van der Waals surface area (Å²) in [4.78, 5) is 14.3. The molecule has 1 aliphatic heterocycles. The van der Waals surface area contributed by atoms with E-state index in [-0.39, 0.29) is 11.9 Å². The normalized spacial score (nSPS) is 15.4. The van der Waals surface area contributed by atoms with Crippen molar-refractivity contribution in [2.75, 3.05) is 42.1 Å². The second kappa shape index (κ2) is 8.51. The lowest BCUT2D eigenvalue weighted by Crippen LogP contribution is -2.39. The standard InChI is InChI=1S/C22H27NO6/c1-13(24)23-10-9-16-15(7-8-17(25-2)21(16)28-5)20(23)14-11-18(26-3)22(29-6)19(12-14)27-4/h7-8,11-12,20H,9-10H2,1-6H3. The monoisotopic (exact) mass is 401 g/mol. The van der Waals surface area contributed by atoms with Crippen LogP contribution in [0.1, 0.15) is 29.7 Å². The van der Waals surface area contributed by atoms with E-state index in [0.717, 1.165) is 16.7 Å². The number of rotatable bonds is 6. The maximum absolute atomic E-state index is 12.5. The Balaban J connectivity index is 2.25. The summed E-state index contributed by atoms with van der Waals surface area (Å²) in [5.41, 5.74) is 2.88. The molecule has 7 nitrogen and oxygen atoms in total.